The second-order valence-electron chi connectivity index (χ2n) is 15.5. The highest BCUT2D eigenvalue weighted by atomic mass is 15.3. The molecule has 0 fully saturated rings. The van der Waals surface area contributed by atoms with E-state index >= 15 is 0 Å². The molecule has 0 N–H and O–H groups in total. The van der Waals surface area contributed by atoms with Crippen LogP contribution in [0.3, 0.4) is 0 Å². The molecule has 13 rings (SSSR count). The number of anilines is 12. The molecule has 0 spiro atoms. The maximum Gasteiger partial charge on any atom is 0.256 e. The first kappa shape index (κ1) is 33.0. The van der Waals surface area contributed by atoms with E-state index in [4.69, 9.17) is 19.9 Å². The molecule has 4 aliphatic heterocycles. The summed E-state index contributed by atoms with van der Waals surface area (Å²) in [5.41, 5.74) is 16.7. The third-order valence-corrected chi connectivity index (χ3v) is 12.5. The molecule has 6 heterocycles. The third-order valence-electron chi connectivity index (χ3n) is 12.5. The van der Waals surface area contributed by atoms with Gasteiger partial charge in [-0.05, 0) is 100 Å². The van der Waals surface area contributed by atoms with Crippen molar-refractivity contribution < 1.29 is 0 Å². The fourth-order valence-electron chi connectivity index (χ4n) is 10.1. The van der Waals surface area contributed by atoms with Crippen molar-refractivity contribution in [3.63, 3.8) is 0 Å². The Bertz CT molecular complexity index is 2940. The highest BCUT2D eigenvalue weighted by molar-refractivity contribution is 7.03. The number of benzene rings is 7. The molecule has 0 atom stereocenters. The first-order chi connectivity index (χ1) is 29.8. The first-order valence-electron chi connectivity index (χ1n) is 20.3. The van der Waals surface area contributed by atoms with Crippen LogP contribution in [-0.2, 0) is 0 Å². The highest BCUT2D eigenvalue weighted by Gasteiger charge is 2.49. The Hall–Kier alpha value is -7.97. The molecule has 0 bridgehead atoms. The van der Waals surface area contributed by atoms with Crippen molar-refractivity contribution in [1.82, 2.24) is 19.9 Å². The van der Waals surface area contributed by atoms with Crippen LogP contribution in [0.1, 0.15) is 0 Å². The van der Waals surface area contributed by atoms with Gasteiger partial charge in [0, 0.05) is 62.8 Å². The van der Waals surface area contributed by atoms with Gasteiger partial charge < -0.3 is 4.90 Å². The van der Waals surface area contributed by atoms with E-state index in [-0.39, 0.29) is 13.4 Å². The van der Waals surface area contributed by atoms with Gasteiger partial charge in [-0.2, -0.15) is 0 Å². The molecule has 2 aromatic heterocycles. The molecular formula is C50H32B2N8. The fourth-order valence-corrected chi connectivity index (χ4v) is 10.1. The second kappa shape index (κ2) is 12.8. The molecule has 4 aliphatic rings. The first-order valence-corrected chi connectivity index (χ1v) is 20.3. The average Bonchev–Trinajstić information content (AvgIpc) is 3.32. The standard InChI is InChI=1S/C50H32B2N8/c1-5-16-33(17-6-1)57-42-26-15-27-43-46(42)52(40-30-53-31-54-48(40)59(43)35-20-9-3-10-21-35)38-28-39-45(29-44(38)57)60(36-22-11-4-12-23-36)50-47-49(55-32-56-50)58(34-18-7-2-8-19-34)41-25-14-13-24-37(41)51(39)47/h1-32H. The van der Waals surface area contributed by atoms with Gasteiger partial charge in [0.1, 0.15) is 30.1 Å². The molecule has 10 heteroatoms. The van der Waals surface area contributed by atoms with Gasteiger partial charge in [0.05, 0.1) is 0 Å². The lowest BCUT2D eigenvalue weighted by atomic mass is 9.30. The van der Waals surface area contributed by atoms with Gasteiger partial charge in [-0.1, -0.05) is 103 Å². The summed E-state index contributed by atoms with van der Waals surface area (Å²) in [6, 6.07) is 62.8. The maximum atomic E-state index is 5.17. The van der Waals surface area contributed by atoms with E-state index in [0.29, 0.717) is 0 Å². The zero-order chi connectivity index (χ0) is 39.3. The number of fused-ring (bicyclic) bond motifs is 8. The molecular weight excluding hydrogens is 734 g/mol. The van der Waals surface area contributed by atoms with Crippen molar-refractivity contribution in [3.05, 3.63) is 195 Å². The van der Waals surface area contributed by atoms with Crippen LogP contribution in [0, 0.1) is 0 Å². The van der Waals surface area contributed by atoms with Gasteiger partial charge in [-0.15, -0.1) is 0 Å². The van der Waals surface area contributed by atoms with Crippen LogP contribution >= 0.6 is 0 Å². The van der Waals surface area contributed by atoms with E-state index in [2.05, 4.69) is 196 Å². The summed E-state index contributed by atoms with van der Waals surface area (Å²) < 4.78 is 0. The van der Waals surface area contributed by atoms with Gasteiger partial charge >= 0.3 is 0 Å². The predicted octanol–water partition coefficient (Wildman–Crippen LogP) is 7.43. The van der Waals surface area contributed by atoms with Crippen LogP contribution in [0.25, 0.3) is 0 Å². The van der Waals surface area contributed by atoms with E-state index < -0.39 is 0 Å². The molecule has 0 saturated carbocycles. The van der Waals surface area contributed by atoms with Crippen molar-refractivity contribution in [2.45, 2.75) is 0 Å². The lowest BCUT2D eigenvalue weighted by Crippen LogP contribution is -2.65. The van der Waals surface area contributed by atoms with Gasteiger partial charge in [-0.25, -0.2) is 19.9 Å². The van der Waals surface area contributed by atoms with Gasteiger partial charge in [0.15, 0.2) is 0 Å². The Kier molecular flexibility index (Phi) is 7.03. The minimum atomic E-state index is -0.148. The second-order valence-corrected chi connectivity index (χ2v) is 15.5. The van der Waals surface area contributed by atoms with Gasteiger partial charge in [0.2, 0.25) is 0 Å². The Morgan fingerprint density at radius 2 is 0.767 bits per heavy atom. The van der Waals surface area contributed by atoms with Crippen LogP contribution < -0.4 is 52.4 Å². The molecule has 9 aromatic rings. The Morgan fingerprint density at radius 1 is 0.317 bits per heavy atom. The van der Waals surface area contributed by atoms with Crippen molar-refractivity contribution in [2.24, 2.45) is 0 Å². The van der Waals surface area contributed by atoms with E-state index in [9.17, 15) is 0 Å². The molecule has 0 radical (unpaired) electrons. The largest absolute Gasteiger partial charge is 0.311 e. The minimum Gasteiger partial charge on any atom is -0.311 e. The Balaban J connectivity index is 1.14. The molecule has 0 saturated heterocycles. The number of hydrogen-bond acceptors (Lipinski definition) is 8. The summed E-state index contributed by atoms with van der Waals surface area (Å²) in [6.45, 7) is -0.296. The normalized spacial score (nSPS) is 13.8. The van der Waals surface area contributed by atoms with Crippen molar-refractivity contribution in [2.75, 3.05) is 19.6 Å². The minimum absolute atomic E-state index is 0.148. The van der Waals surface area contributed by atoms with E-state index in [1.54, 1.807) is 12.7 Å². The van der Waals surface area contributed by atoms with Crippen molar-refractivity contribution in [1.29, 1.82) is 0 Å². The molecule has 0 aliphatic carbocycles. The Labute approximate surface area is 347 Å². The molecule has 278 valence electrons. The van der Waals surface area contributed by atoms with E-state index in [1.807, 2.05) is 6.20 Å². The van der Waals surface area contributed by atoms with Crippen LogP contribution in [-0.4, -0.2) is 33.4 Å². The molecule has 0 amide bonds. The summed E-state index contributed by atoms with van der Waals surface area (Å²) in [6.07, 6.45) is 5.42. The van der Waals surface area contributed by atoms with Crippen LogP contribution in [0.2, 0.25) is 0 Å². The Morgan fingerprint density at radius 3 is 1.38 bits per heavy atom. The molecule has 8 nitrogen and oxygen atoms in total. The number of para-hydroxylation sites is 5. The molecule has 60 heavy (non-hydrogen) atoms. The van der Waals surface area contributed by atoms with Crippen LogP contribution in [0.4, 0.5) is 68.6 Å². The lowest BCUT2D eigenvalue weighted by Gasteiger charge is -2.46. The average molecular weight is 766 g/mol. The zero-order valence-electron chi connectivity index (χ0n) is 32.2. The van der Waals surface area contributed by atoms with Crippen LogP contribution in [0.15, 0.2) is 195 Å². The van der Waals surface area contributed by atoms with Crippen molar-refractivity contribution >= 4 is 115 Å². The number of aromatic nitrogens is 4. The summed E-state index contributed by atoms with van der Waals surface area (Å²) in [5, 5.41) is 0. The quantitative estimate of drug-likeness (QED) is 0.172. The number of rotatable bonds is 4. The maximum absolute atomic E-state index is 5.17. The van der Waals surface area contributed by atoms with Crippen LogP contribution in [0.5, 0.6) is 0 Å². The predicted molar refractivity (Wildman–Crippen MR) is 246 cm³/mol. The number of nitrogens with zero attached hydrogens (tertiary/aromatic N) is 8. The van der Waals surface area contributed by atoms with Crippen molar-refractivity contribution in [3.8, 4) is 0 Å². The molecule has 7 aromatic carbocycles. The van der Waals surface area contributed by atoms with Gasteiger partial charge in [-0.3, -0.25) is 14.7 Å². The monoisotopic (exact) mass is 766 g/mol. The molecule has 0 unspecified atom stereocenters. The van der Waals surface area contributed by atoms with E-state index in [1.165, 1.54) is 21.9 Å². The summed E-state index contributed by atoms with van der Waals surface area (Å²) in [7, 11) is 0. The number of hydrogen-bond donors (Lipinski definition) is 0. The zero-order valence-corrected chi connectivity index (χ0v) is 32.2. The van der Waals surface area contributed by atoms with Gasteiger partial charge in [0.25, 0.3) is 13.4 Å². The summed E-state index contributed by atoms with van der Waals surface area (Å²) >= 11 is 0. The summed E-state index contributed by atoms with van der Waals surface area (Å²) in [4.78, 5) is 29.4. The van der Waals surface area contributed by atoms with E-state index in [0.717, 1.165) is 79.6 Å². The third kappa shape index (κ3) is 4.58. The smallest absolute Gasteiger partial charge is 0.256 e. The SMILES string of the molecule is c1ccc(N2c3cc4c(cc3B3c5cncnc5N(c5ccccc5)c5cccc2c53)B2c3ccccc3N(c3ccccc3)c3ncnc(c32)N4c2ccccc2)cc1. The summed E-state index contributed by atoms with van der Waals surface area (Å²) in [5.74, 6) is 2.64. The highest BCUT2D eigenvalue weighted by Crippen LogP contribution is 2.47. The lowest BCUT2D eigenvalue weighted by molar-refractivity contribution is 1.09. The fraction of sp³-hybridized carbons (Fsp3) is 0. The topological polar surface area (TPSA) is 64.5 Å².